The molecule has 0 unspecified atom stereocenters. The van der Waals surface area contributed by atoms with E-state index in [1.54, 1.807) is 0 Å². The summed E-state index contributed by atoms with van der Waals surface area (Å²) in [6.07, 6.45) is 3.44. The molecule has 1 fully saturated rings. The van der Waals surface area contributed by atoms with Crippen molar-refractivity contribution in [1.29, 1.82) is 0 Å². The van der Waals surface area contributed by atoms with Crippen LogP contribution in [0.1, 0.15) is 43.2 Å². The zero-order chi connectivity index (χ0) is 15.6. The van der Waals surface area contributed by atoms with E-state index in [1.165, 1.54) is 12.1 Å². The Morgan fingerprint density at radius 2 is 1.90 bits per heavy atom. The summed E-state index contributed by atoms with van der Waals surface area (Å²) in [5.41, 5.74) is -0.501. The van der Waals surface area contributed by atoms with Crippen LogP contribution in [0.4, 0.5) is 4.39 Å². The molecule has 2 rings (SSSR count). The molecule has 1 aromatic rings. The Bertz CT molecular complexity index is 537. The molecule has 116 valence electrons. The number of carboxylic acid groups (broad SMARTS) is 1. The van der Waals surface area contributed by atoms with Gasteiger partial charge in [0, 0.05) is 17.7 Å². The van der Waals surface area contributed by atoms with E-state index in [0.29, 0.717) is 24.9 Å². The van der Waals surface area contributed by atoms with E-state index in [-0.39, 0.29) is 11.3 Å². The highest BCUT2D eigenvalue weighted by Gasteiger charge is 2.43. The summed E-state index contributed by atoms with van der Waals surface area (Å²) in [5.74, 6) is -1.54. The van der Waals surface area contributed by atoms with Gasteiger partial charge in [-0.1, -0.05) is 19.3 Å². The first-order valence-corrected chi connectivity index (χ1v) is 7.27. The lowest BCUT2D eigenvalue weighted by molar-refractivity contribution is -0.145. The number of carboxylic acids is 1. The van der Waals surface area contributed by atoms with E-state index in [2.05, 4.69) is 0 Å². The summed E-state index contributed by atoms with van der Waals surface area (Å²) >= 11 is 0. The van der Waals surface area contributed by atoms with Gasteiger partial charge in [0.05, 0.1) is 5.41 Å². The minimum Gasteiger partial charge on any atom is -0.507 e. The van der Waals surface area contributed by atoms with Crippen molar-refractivity contribution in [1.82, 2.24) is 4.90 Å². The third-order valence-electron chi connectivity index (χ3n) is 4.27. The van der Waals surface area contributed by atoms with Crippen LogP contribution in [0.3, 0.4) is 0 Å². The molecule has 0 radical (unpaired) electrons. The van der Waals surface area contributed by atoms with E-state index in [4.69, 9.17) is 0 Å². The summed E-state index contributed by atoms with van der Waals surface area (Å²) in [7, 11) is 3.63. The monoisotopic (exact) mass is 295 g/mol. The largest absolute Gasteiger partial charge is 0.507 e. The van der Waals surface area contributed by atoms with Gasteiger partial charge in [-0.15, -0.1) is 0 Å². The molecule has 0 amide bonds. The maximum atomic E-state index is 13.9. The molecule has 0 spiro atoms. The van der Waals surface area contributed by atoms with Gasteiger partial charge in [-0.05, 0) is 39.1 Å². The van der Waals surface area contributed by atoms with Crippen LogP contribution in [-0.2, 0) is 16.8 Å². The smallest absolute Gasteiger partial charge is 0.314 e. The number of aromatic hydroxyl groups is 1. The molecule has 2 N–H and O–H groups in total. The Labute approximate surface area is 124 Å². The second-order valence-corrected chi connectivity index (χ2v) is 6.15. The third kappa shape index (κ3) is 3.02. The molecule has 5 heteroatoms. The SMILES string of the molecule is CN(C)Cc1cc(F)cc(C2(C(=O)O)CCCCC2)c1O. The van der Waals surface area contributed by atoms with Gasteiger partial charge in [0.2, 0.25) is 0 Å². The fourth-order valence-corrected chi connectivity index (χ4v) is 3.24. The third-order valence-corrected chi connectivity index (χ3v) is 4.27. The molecule has 21 heavy (non-hydrogen) atoms. The molecule has 0 aromatic heterocycles. The van der Waals surface area contributed by atoms with Crippen LogP contribution >= 0.6 is 0 Å². The first-order valence-electron chi connectivity index (χ1n) is 7.27. The number of rotatable bonds is 4. The molecule has 0 saturated heterocycles. The van der Waals surface area contributed by atoms with Gasteiger partial charge >= 0.3 is 5.97 Å². The average molecular weight is 295 g/mol. The minimum absolute atomic E-state index is 0.0746. The van der Waals surface area contributed by atoms with Gasteiger partial charge in [-0.2, -0.15) is 0 Å². The zero-order valence-corrected chi connectivity index (χ0v) is 12.5. The quantitative estimate of drug-likeness (QED) is 0.896. The summed E-state index contributed by atoms with van der Waals surface area (Å²) < 4.78 is 13.9. The predicted octanol–water partition coefficient (Wildman–Crippen LogP) is 2.88. The highest BCUT2D eigenvalue weighted by molar-refractivity contribution is 5.83. The van der Waals surface area contributed by atoms with Crippen molar-refractivity contribution in [3.05, 3.63) is 29.1 Å². The van der Waals surface area contributed by atoms with E-state index in [1.807, 2.05) is 19.0 Å². The first kappa shape index (κ1) is 15.8. The van der Waals surface area contributed by atoms with Gasteiger partial charge < -0.3 is 15.1 Å². The van der Waals surface area contributed by atoms with E-state index in [0.717, 1.165) is 19.3 Å². The summed E-state index contributed by atoms with van der Waals surface area (Å²) in [4.78, 5) is 13.6. The Morgan fingerprint density at radius 3 is 2.43 bits per heavy atom. The Kier molecular flexibility index (Phi) is 4.52. The molecule has 0 bridgehead atoms. The molecule has 0 atom stereocenters. The molecule has 1 aliphatic carbocycles. The van der Waals surface area contributed by atoms with Crippen LogP contribution < -0.4 is 0 Å². The molecule has 4 nitrogen and oxygen atoms in total. The van der Waals surface area contributed by atoms with Crippen molar-refractivity contribution >= 4 is 5.97 Å². The fourth-order valence-electron chi connectivity index (χ4n) is 3.24. The van der Waals surface area contributed by atoms with Crippen LogP contribution in [0.25, 0.3) is 0 Å². The number of phenols is 1. The maximum absolute atomic E-state index is 13.9. The molecule has 1 aliphatic rings. The Morgan fingerprint density at radius 1 is 1.29 bits per heavy atom. The standard InChI is InChI=1S/C16H22FNO3/c1-18(2)10-11-8-12(17)9-13(14(11)19)16(15(20)21)6-4-3-5-7-16/h8-9,19H,3-7,10H2,1-2H3,(H,20,21). The number of nitrogens with zero attached hydrogens (tertiary/aromatic N) is 1. The number of phenolic OH excluding ortho intramolecular Hbond substituents is 1. The van der Waals surface area contributed by atoms with Crippen molar-refractivity contribution in [3.8, 4) is 5.75 Å². The topological polar surface area (TPSA) is 60.8 Å². The van der Waals surface area contributed by atoms with Crippen molar-refractivity contribution < 1.29 is 19.4 Å². The van der Waals surface area contributed by atoms with Gasteiger partial charge in [-0.3, -0.25) is 4.79 Å². The van der Waals surface area contributed by atoms with Crippen LogP contribution in [0, 0.1) is 5.82 Å². The number of carbonyl (C=O) groups is 1. The van der Waals surface area contributed by atoms with Crippen molar-refractivity contribution in [3.63, 3.8) is 0 Å². The lowest BCUT2D eigenvalue weighted by atomic mass is 9.68. The number of halogens is 1. The number of hydrogen-bond acceptors (Lipinski definition) is 3. The summed E-state index contributed by atoms with van der Waals surface area (Å²) in [5, 5.41) is 20.2. The highest BCUT2D eigenvalue weighted by Crippen LogP contribution is 2.44. The van der Waals surface area contributed by atoms with Crippen LogP contribution in [0.15, 0.2) is 12.1 Å². The number of hydrogen-bond donors (Lipinski definition) is 2. The van der Waals surface area contributed by atoms with Crippen LogP contribution in [0.5, 0.6) is 5.75 Å². The molecule has 0 aliphatic heterocycles. The lowest BCUT2D eigenvalue weighted by Crippen LogP contribution is -2.38. The van der Waals surface area contributed by atoms with Gasteiger partial charge in [-0.25, -0.2) is 4.39 Å². The molecule has 1 aromatic carbocycles. The number of aliphatic carboxylic acids is 1. The molecular formula is C16H22FNO3. The lowest BCUT2D eigenvalue weighted by Gasteiger charge is -2.34. The average Bonchev–Trinajstić information content (AvgIpc) is 2.42. The van der Waals surface area contributed by atoms with E-state index >= 15 is 0 Å². The van der Waals surface area contributed by atoms with Gasteiger partial charge in [0.25, 0.3) is 0 Å². The predicted molar refractivity (Wildman–Crippen MR) is 77.9 cm³/mol. The van der Waals surface area contributed by atoms with Crippen LogP contribution in [0.2, 0.25) is 0 Å². The fraction of sp³-hybridized carbons (Fsp3) is 0.562. The number of benzene rings is 1. The van der Waals surface area contributed by atoms with Gasteiger partial charge in [0.1, 0.15) is 11.6 Å². The summed E-state index contributed by atoms with van der Waals surface area (Å²) in [6, 6.07) is 2.46. The summed E-state index contributed by atoms with van der Waals surface area (Å²) in [6.45, 7) is 0.367. The highest BCUT2D eigenvalue weighted by atomic mass is 19.1. The second kappa shape index (κ2) is 6.02. The normalized spacial score (nSPS) is 17.9. The van der Waals surface area contributed by atoms with Crippen molar-refractivity contribution in [2.24, 2.45) is 0 Å². The molecular weight excluding hydrogens is 273 g/mol. The van der Waals surface area contributed by atoms with E-state index < -0.39 is 17.2 Å². The maximum Gasteiger partial charge on any atom is 0.314 e. The van der Waals surface area contributed by atoms with Crippen LogP contribution in [-0.4, -0.2) is 35.2 Å². The first-order chi connectivity index (χ1) is 9.86. The second-order valence-electron chi connectivity index (χ2n) is 6.15. The van der Waals surface area contributed by atoms with Gasteiger partial charge in [0.15, 0.2) is 0 Å². The Balaban J connectivity index is 2.55. The van der Waals surface area contributed by atoms with Crippen molar-refractivity contribution in [2.45, 2.75) is 44.1 Å². The zero-order valence-electron chi connectivity index (χ0n) is 12.5. The Hall–Kier alpha value is -1.62. The molecule has 1 saturated carbocycles. The van der Waals surface area contributed by atoms with E-state index in [9.17, 15) is 19.4 Å². The minimum atomic E-state index is -1.16. The molecule has 0 heterocycles. The van der Waals surface area contributed by atoms with Crippen molar-refractivity contribution in [2.75, 3.05) is 14.1 Å².